The van der Waals surface area contributed by atoms with Crippen LogP contribution in [-0.2, 0) is 30.5 Å². The van der Waals surface area contributed by atoms with Crippen LogP contribution in [0.4, 0.5) is 5.69 Å². The Bertz CT molecular complexity index is 2980. The summed E-state index contributed by atoms with van der Waals surface area (Å²) in [7, 11) is -3.44. The molecular weight excluding hydrogens is 959 g/mol. The van der Waals surface area contributed by atoms with Crippen LogP contribution in [0.5, 0.6) is 0 Å². The number of hydrogen-bond acceptors (Lipinski definition) is 3. The van der Waals surface area contributed by atoms with Crippen LogP contribution in [0.3, 0.4) is 0 Å². The Labute approximate surface area is 405 Å². The first-order chi connectivity index (χ1) is 31.8. The maximum Gasteiger partial charge on any atom is 0.261 e. The standard InChI is InChI=1S/C44H32P2.C13H12N.CH4O3S.Pd/c1-5-19-35(20-6-1)45(36-21-7-2-8-22-36)41-31-29-33-17-13-15-27-39(33)43(41)44-40-28-16-14-18-34(40)30-32-42(44)46(37-23-9-3-10-24-37)38-25-11-4-12-26-38;1-14-13-10-6-5-9-12(13)11-7-3-2-4-8-11;1-5(2,3)4;/h1-32H;2-7,9-10,14H,1H3;1H3,(H,2,3,4);/q;-1;;. The fraction of sp³-hybridized carbons (Fsp3) is 0.0345. The van der Waals surface area contributed by atoms with Gasteiger partial charge in [-0.05, 0) is 92.1 Å². The second kappa shape index (κ2) is 22.9. The van der Waals surface area contributed by atoms with Gasteiger partial charge in [0.1, 0.15) is 0 Å². The van der Waals surface area contributed by atoms with Crippen molar-refractivity contribution in [2.75, 3.05) is 18.6 Å². The predicted octanol–water partition coefficient (Wildman–Crippen LogP) is 11.9. The van der Waals surface area contributed by atoms with Gasteiger partial charge in [-0.25, -0.2) is 0 Å². The minimum atomic E-state index is -3.67. The summed E-state index contributed by atoms with van der Waals surface area (Å²) in [5.41, 5.74) is 6.15. The van der Waals surface area contributed by atoms with Crippen molar-refractivity contribution in [2.45, 2.75) is 0 Å². The van der Waals surface area contributed by atoms with Gasteiger partial charge in [0.05, 0.1) is 6.26 Å². The third kappa shape index (κ3) is 11.7. The molecule has 0 saturated carbocycles. The molecule has 10 aromatic rings. The summed E-state index contributed by atoms with van der Waals surface area (Å²) >= 11 is 0. The van der Waals surface area contributed by atoms with E-state index in [0.717, 1.165) is 11.3 Å². The summed E-state index contributed by atoms with van der Waals surface area (Å²) in [5, 5.41) is 16.5. The number of para-hydroxylation sites is 1. The van der Waals surface area contributed by atoms with Crippen molar-refractivity contribution in [2.24, 2.45) is 0 Å². The Kier molecular flexibility index (Phi) is 16.6. The van der Waals surface area contributed by atoms with E-state index in [9.17, 15) is 8.42 Å². The third-order valence-corrected chi connectivity index (χ3v) is 15.8. The molecule has 0 aliphatic carbocycles. The molecule has 0 aliphatic heterocycles. The summed E-state index contributed by atoms with van der Waals surface area (Å²) in [4.78, 5) is 0. The topological polar surface area (TPSA) is 66.4 Å². The fourth-order valence-corrected chi connectivity index (χ4v) is 13.0. The van der Waals surface area contributed by atoms with Gasteiger partial charge in [0.15, 0.2) is 0 Å². The van der Waals surface area contributed by atoms with Crippen molar-refractivity contribution in [1.82, 2.24) is 0 Å². The van der Waals surface area contributed by atoms with Crippen molar-refractivity contribution in [3.63, 3.8) is 0 Å². The normalized spacial score (nSPS) is 10.9. The number of rotatable bonds is 9. The second-order valence-electron chi connectivity index (χ2n) is 15.2. The first kappa shape index (κ1) is 47.9. The van der Waals surface area contributed by atoms with E-state index in [0.29, 0.717) is 6.26 Å². The monoisotopic (exact) mass is 1010 g/mol. The van der Waals surface area contributed by atoms with Crippen LogP contribution in [0.25, 0.3) is 43.8 Å². The smallest absolute Gasteiger partial charge is 0.261 e. The van der Waals surface area contributed by atoms with Gasteiger partial charge >= 0.3 is 0 Å². The Morgan fingerprint density at radius 2 is 0.788 bits per heavy atom. The average Bonchev–Trinajstić information content (AvgIpc) is 3.35. The number of nitrogens with one attached hydrogen (secondary N) is 1. The van der Waals surface area contributed by atoms with Crippen LogP contribution >= 0.6 is 15.8 Å². The number of hydrogen-bond donors (Lipinski definition) is 2. The third-order valence-electron chi connectivity index (χ3n) is 10.8. The molecule has 0 atom stereocenters. The molecule has 2 N–H and O–H groups in total. The van der Waals surface area contributed by atoms with Crippen LogP contribution in [-0.4, -0.2) is 26.3 Å². The molecule has 0 spiro atoms. The molecule has 330 valence electrons. The van der Waals surface area contributed by atoms with Crippen LogP contribution in [0.15, 0.2) is 243 Å². The van der Waals surface area contributed by atoms with E-state index in [1.54, 1.807) is 0 Å². The molecule has 0 heterocycles. The molecule has 0 aromatic heterocycles. The van der Waals surface area contributed by atoms with Crippen LogP contribution in [0.2, 0.25) is 0 Å². The SMILES string of the molecule is CNc1ccccc1-c1[c-]cccc1.CS(=O)(=O)O.[Pd].c1ccc(P(c2ccccc2)c2ccc3ccccc3c2-c2c(P(c3ccccc3)c3ccccc3)ccc3ccccc23)cc1. The zero-order valence-electron chi connectivity index (χ0n) is 36.5. The molecular formula is C58H48NO3P2PdS-. The molecule has 0 saturated heterocycles. The van der Waals surface area contributed by atoms with E-state index in [2.05, 4.69) is 224 Å². The van der Waals surface area contributed by atoms with Gasteiger partial charge in [0.2, 0.25) is 0 Å². The summed E-state index contributed by atoms with van der Waals surface area (Å²) in [6.07, 6.45) is 0.715. The number of anilines is 1. The summed E-state index contributed by atoms with van der Waals surface area (Å²) in [5.74, 6) is 0. The van der Waals surface area contributed by atoms with Gasteiger partial charge in [-0.15, -0.1) is 35.9 Å². The fourth-order valence-electron chi connectivity index (χ4n) is 8.08. The minimum absolute atomic E-state index is 0. The van der Waals surface area contributed by atoms with E-state index in [-0.39, 0.29) is 20.4 Å². The van der Waals surface area contributed by atoms with E-state index < -0.39 is 26.0 Å². The molecule has 0 bridgehead atoms. The van der Waals surface area contributed by atoms with Gasteiger partial charge in [-0.2, -0.15) is 8.42 Å². The first-order valence-corrected chi connectivity index (χ1v) is 25.8. The summed E-state index contributed by atoms with van der Waals surface area (Å²) in [6.45, 7) is 0. The average molecular weight is 1010 g/mol. The molecule has 0 amide bonds. The zero-order chi connectivity index (χ0) is 45.0. The molecule has 66 heavy (non-hydrogen) atoms. The van der Waals surface area contributed by atoms with Crippen LogP contribution < -0.4 is 37.1 Å². The van der Waals surface area contributed by atoms with E-state index >= 15 is 0 Å². The Balaban J connectivity index is 0.000000270. The Morgan fingerprint density at radius 1 is 0.439 bits per heavy atom. The maximum absolute atomic E-state index is 9.19. The number of benzene rings is 10. The quantitative estimate of drug-likeness (QED) is 0.0654. The van der Waals surface area contributed by atoms with Crippen LogP contribution in [0.1, 0.15) is 0 Å². The maximum atomic E-state index is 9.19. The summed E-state index contributed by atoms with van der Waals surface area (Å²) < 4.78 is 25.9. The largest absolute Gasteiger partial charge is 0.395 e. The van der Waals surface area contributed by atoms with Gasteiger partial charge in [0.25, 0.3) is 10.1 Å². The van der Waals surface area contributed by atoms with Crippen molar-refractivity contribution in [3.8, 4) is 22.3 Å². The summed E-state index contributed by atoms with van der Waals surface area (Å²) in [6, 6.07) is 91.3. The van der Waals surface area contributed by atoms with Gasteiger partial charge in [-0.3, -0.25) is 4.55 Å². The second-order valence-corrected chi connectivity index (χ2v) is 21.0. The number of fused-ring (bicyclic) bond motifs is 2. The van der Waals surface area contributed by atoms with E-state index in [1.807, 2.05) is 37.4 Å². The minimum Gasteiger partial charge on any atom is -0.395 e. The molecule has 0 radical (unpaired) electrons. The predicted molar refractivity (Wildman–Crippen MR) is 282 cm³/mol. The molecule has 4 nitrogen and oxygen atoms in total. The van der Waals surface area contributed by atoms with E-state index in [4.69, 9.17) is 4.55 Å². The molecule has 10 rings (SSSR count). The van der Waals surface area contributed by atoms with Crippen molar-refractivity contribution in [3.05, 3.63) is 249 Å². The van der Waals surface area contributed by atoms with Crippen molar-refractivity contribution >= 4 is 85.0 Å². The molecule has 8 heteroatoms. The molecule has 0 aliphatic rings. The van der Waals surface area contributed by atoms with E-state index in [1.165, 1.54) is 70.1 Å². The Hall–Kier alpha value is -6.05. The van der Waals surface area contributed by atoms with Crippen molar-refractivity contribution < 1.29 is 33.4 Å². The van der Waals surface area contributed by atoms with Gasteiger partial charge in [-0.1, -0.05) is 218 Å². The molecule has 10 aromatic carbocycles. The van der Waals surface area contributed by atoms with Gasteiger partial charge in [0, 0.05) is 27.5 Å². The first-order valence-electron chi connectivity index (χ1n) is 21.3. The zero-order valence-corrected chi connectivity index (χ0v) is 40.6. The molecule has 0 fully saturated rings. The van der Waals surface area contributed by atoms with Crippen molar-refractivity contribution in [1.29, 1.82) is 0 Å². The van der Waals surface area contributed by atoms with Gasteiger partial charge < -0.3 is 5.32 Å². The Morgan fingerprint density at radius 3 is 1.17 bits per heavy atom. The van der Waals surface area contributed by atoms with Crippen LogP contribution in [0, 0.1) is 6.07 Å². The molecule has 0 unspecified atom stereocenters.